The summed E-state index contributed by atoms with van der Waals surface area (Å²) in [5.74, 6) is 0.905. The normalized spacial score (nSPS) is 10.2. The fourth-order valence-corrected chi connectivity index (χ4v) is 2.71. The maximum Gasteiger partial charge on any atom is 0.151 e. The maximum absolute atomic E-state index is 8.70. The molecular formula is C10H8BrN3S. The van der Waals surface area contributed by atoms with Gasteiger partial charge >= 0.3 is 0 Å². The number of nitrogens with zero attached hydrogens (tertiary/aromatic N) is 3. The molecule has 0 aliphatic rings. The van der Waals surface area contributed by atoms with Crippen LogP contribution in [0.3, 0.4) is 0 Å². The van der Waals surface area contributed by atoms with E-state index in [1.54, 1.807) is 11.3 Å². The number of rotatable bonds is 2. The van der Waals surface area contributed by atoms with Crippen molar-refractivity contribution in [3.63, 3.8) is 0 Å². The minimum atomic E-state index is 0.370. The van der Waals surface area contributed by atoms with Crippen molar-refractivity contribution in [2.75, 3.05) is 0 Å². The van der Waals surface area contributed by atoms with E-state index in [1.807, 2.05) is 29.1 Å². The van der Waals surface area contributed by atoms with Gasteiger partial charge in [-0.05, 0) is 27.4 Å². The van der Waals surface area contributed by atoms with E-state index in [0.717, 1.165) is 21.0 Å². The third kappa shape index (κ3) is 1.83. The van der Waals surface area contributed by atoms with E-state index in [9.17, 15) is 0 Å². The first-order valence-electron chi connectivity index (χ1n) is 4.36. The Morgan fingerprint density at radius 1 is 1.67 bits per heavy atom. The molecule has 0 amide bonds. The highest BCUT2D eigenvalue weighted by Gasteiger charge is 2.13. The molecule has 5 heteroatoms. The van der Waals surface area contributed by atoms with Crippen molar-refractivity contribution in [3.8, 4) is 16.8 Å². The number of aromatic nitrogens is 2. The predicted molar refractivity (Wildman–Crippen MR) is 63.5 cm³/mol. The van der Waals surface area contributed by atoms with Crippen LogP contribution in [0.2, 0.25) is 0 Å². The Hall–Kier alpha value is -1.12. The Bertz CT molecular complexity index is 508. The van der Waals surface area contributed by atoms with Gasteiger partial charge in [0, 0.05) is 7.05 Å². The summed E-state index contributed by atoms with van der Waals surface area (Å²) in [4.78, 5) is 5.52. The van der Waals surface area contributed by atoms with Crippen LogP contribution in [0.25, 0.3) is 10.7 Å². The van der Waals surface area contributed by atoms with E-state index in [2.05, 4.69) is 27.0 Å². The largest absolute Gasteiger partial charge is 0.328 e. The third-order valence-electron chi connectivity index (χ3n) is 2.15. The van der Waals surface area contributed by atoms with Gasteiger partial charge in [-0.3, -0.25) is 0 Å². The van der Waals surface area contributed by atoms with Crippen LogP contribution in [0.4, 0.5) is 0 Å². The van der Waals surface area contributed by atoms with Crippen LogP contribution in [-0.2, 0) is 13.5 Å². The fraction of sp³-hybridized carbons (Fsp3) is 0.200. The number of halogens is 1. The topological polar surface area (TPSA) is 41.6 Å². The molecule has 2 aromatic rings. The molecule has 0 aliphatic carbocycles. The summed E-state index contributed by atoms with van der Waals surface area (Å²) >= 11 is 5.02. The zero-order valence-corrected chi connectivity index (χ0v) is 10.5. The summed E-state index contributed by atoms with van der Waals surface area (Å²) in [7, 11) is 1.93. The molecule has 0 fully saturated rings. The van der Waals surface area contributed by atoms with Crippen molar-refractivity contribution in [3.05, 3.63) is 27.8 Å². The summed E-state index contributed by atoms with van der Waals surface area (Å²) in [6.45, 7) is 0. The first kappa shape index (κ1) is 10.4. The van der Waals surface area contributed by atoms with Gasteiger partial charge in [-0.1, -0.05) is 6.07 Å². The minimum absolute atomic E-state index is 0.370. The molecule has 0 spiro atoms. The van der Waals surface area contributed by atoms with Gasteiger partial charge in [-0.15, -0.1) is 11.3 Å². The molecule has 0 saturated carbocycles. The second-order valence-electron chi connectivity index (χ2n) is 3.04. The Morgan fingerprint density at radius 3 is 3.07 bits per heavy atom. The van der Waals surface area contributed by atoms with E-state index in [1.165, 1.54) is 0 Å². The van der Waals surface area contributed by atoms with Gasteiger partial charge in [0.2, 0.25) is 0 Å². The van der Waals surface area contributed by atoms with Crippen molar-refractivity contribution >= 4 is 27.3 Å². The molecule has 3 nitrogen and oxygen atoms in total. The van der Waals surface area contributed by atoms with Gasteiger partial charge < -0.3 is 4.57 Å². The summed E-state index contributed by atoms with van der Waals surface area (Å²) < 4.78 is 2.72. The van der Waals surface area contributed by atoms with Gasteiger partial charge in [0.1, 0.15) is 4.60 Å². The second kappa shape index (κ2) is 4.17. The van der Waals surface area contributed by atoms with Gasteiger partial charge in [0.15, 0.2) is 5.82 Å². The van der Waals surface area contributed by atoms with Crippen LogP contribution >= 0.6 is 27.3 Å². The standard InChI is InChI=1S/C10H8BrN3S/c1-14-7(4-5-12)9(11)13-10(14)8-3-2-6-15-8/h2-3,6H,4H2,1H3. The Labute approximate surface area is 100 Å². The van der Waals surface area contributed by atoms with Crippen LogP contribution in [0.15, 0.2) is 22.1 Å². The van der Waals surface area contributed by atoms with Crippen molar-refractivity contribution in [1.82, 2.24) is 9.55 Å². The van der Waals surface area contributed by atoms with E-state index < -0.39 is 0 Å². The highest BCUT2D eigenvalue weighted by molar-refractivity contribution is 9.10. The molecule has 0 bridgehead atoms. The number of hydrogen-bond donors (Lipinski definition) is 0. The molecule has 0 unspecified atom stereocenters. The molecule has 15 heavy (non-hydrogen) atoms. The summed E-state index contributed by atoms with van der Waals surface area (Å²) in [6, 6.07) is 6.15. The van der Waals surface area contributed by atoms with Crippen molar-refractivity contribution < 1.29 is 0 Å². The van der Waals surface area contributed by atoms with Gasteiger partial charge in [0.25, 0.3) is 0 Å². The van der Waals surface area contributed by atoms with Crippen LogP contribution in [0, 0.1) is 11.3 Å². The van der Waals surface area contributed by atoms with E-state index >= 15 is 0 Å². The van der Waals surface area contributed by atoms with Crippen LogP contribution in [0.5, 0.6) is 0 Å². The Morgan fingerprint density at radius 2 is 2.47 bits per heavy atom. The lowest BCUT2D eigenvalue weighted by molar-refractivity contribution is 0.863. The summed E-state index contributed by atoms with van der Waals surface area (Å²) in [5.41, 5.74) is 0.918. The van der Waals surface area contributed by atoms with Gasteiger partial charge in [-0.2, -0.15) is 5.26 Å². The maximum atomic E-state index is 8.70. The Balaban J connectivity index is 2.52. The first-order chi connectivity index (χ1) is 7.24. The van der Waals surface area contributed by atoms with Crippen LogP contribution in [0.1, 0.15) is 5.69 Å². The van der Waals surface area contributed by atoms with Crippen molar-refractivity contribution in [2.45, 2.75) is 6.42 Å². The smallest absolute Gasteiger partial charge is 0.151 e. The summed E-state index contributed by atoms with van der Waals surface area (Å²) in [5, 5.41) is 10.7. The van der Waals surface area contributed by atoms with Gasteiger partial charge in [-0.25, -0.2) is 4.98 Å². The molecular weight excluding hydrogens is 274 g/mol. The van der Waals surface area contributed by atoms with Gasteiger partial charge in [0.05, 0.1) is 23.1 Å². The van der Waals surface area contributed by atoms with Crippen LogP contribution in [-0.4, -0.2) is 9.55 Å². The molecule has 0 N–H and O–H groups in total. The number of imidazole rings is 1. The third-order valence-corrected chi connectivity index (χ3v) is 3.65. The van der Waals surface area contributed by atoms with E-state index in [0.29, 0.717) is 6.42 Å². The zero-order chi connectivity index (χ0) is 10.8. The molecule has 2 heterocycles. The summed E-state index contributed by atoms with van der Waals surface area (Å²) in [6.07, 6.45) is 0.370. The zero-order valence-electron chi connectivity index (χ0n) is 8.07. The monoisotopic (exact) mass is 281 g/mol. The lowest BCUT2D eigenvalue weighted by Crippen LogP contribution is -1.97. The highest BCUT2D eigenvalue weighted by atomic mass is 79.9. The average molecular weight is 282 g/mol. The molecule has 0 radical (unpaired) electrons. The average Bonchev–Trinajstić information content (AvgIpc) is 2.81. The van der Waals surface area contributed by atoms with Crippen molar-refractivity contribution in [1.29, 1.82) is 5.26 Å². The lowest BCUT2D eigenvalue weighted by atomic mass is 10.3. The van der Waals surface area contributed by atoms with E-state index in [4.69, 9.17) is 5.26 Å². The molecule has 76 valence electrons. The SMILES string of the molecule is Cn1c(-c2cccs2)nc(Br)c1CC#N. The van der Waals surface area contributed by atoms with Crippen molar-refractivity contribution in [2.24, 2.45) is 7.05 Å². The predicted octanol–water partition coefficient (Wildman–Crippen LogP) is 2.98. The minimum Gasteiger partial charge on any atom is -0.328 e. The number of nitriles is 1. The fourth-order valence-electron chi connectivity index (χ4n) is 1.39. The molecule has 0 aliphatic heterocycles. The second-order valence-corrected chi connectivity index (χ2v) is 4.74. The molecule has 2 rings (SSSR count). The highest BCUT2D eigenvalue weighted by Crippen LogP contribution is 2.28. The molecule has 2 aromatic heterocycles. The Kier molecular flexibility index (Phi) is 2.89. The number of hydrogen-bond acceptors (Lipinski definition) is 3. The molecule has 0 atom stereocenters. The molecule has 0 aromatic carbocycles. The number of thiophene rings is 1. The molecule has 0 saturated heterocycles. The quantitative estimate of drug-likeness (QED) is 0.849. The first-order valence-corrected chi connectivity index (χ1v) is 6.03. The lowest BCUT2D eigenvalue weighted by Gasteiger charge is -2.00. The van der Waals surface area contributed by atoms with E-state index in [-0.39, 0.29) is 0 Å². The van der Waals surface area contributed by atoms with Crippen LogP contribution < -0.4 is 0 Å².